The van der Waals surface area contributed by atoms with Crippen LogP contribution in [-0.2, 0) is 10.0 Å². The van der Waals surface area contributed by atoms with Gasteiger partial charge < -0.3 is 14.5 Å². The van der Waals surface area contributed by atoms with E-state index >= 15 is 0 Å². The van der Waals surface area contributed by atoms with Crippen LogP contribution in [0.25, 0.3) is 0 Å². The first-order valence-electron chi connectivity index (χ1n) is 11.0. The summed E-state index contributed by atoms with van der Waals surface area (Å²) in [5.41, 5.74) is 1.76. The normalized spacial score (nSPS) is 17.9. The van der Waals surface area contributed by atoms with Gasteiger partial charge in [0.25, 0.3) is 0 Å². The summed E-state index contributed by atoms with van der Waals surface area (Å²) >= 11 is 0. The molecule has 2 aromatic rings. The molecule has 0 spiro atoms. The summed E-state index contributed by atoms with van der Waals surface area (Å²) < 4.78 is 33.4. The van der Waals surface area contributed by atoms with Gasteiger partial charge in [-0.1, -0.05) is 0 Å². The molecule has 9 heteroatoms. The molecular formula is C22H31N5O3S. The van der Waals surface area contributed by atoms with Crippen molar-refractivity contribution in [3.05, 3.63) is 35.5 Å². The maximum atomic E-state index is 13.2. The summed E-state index contributed by atoms with van der Waals surface area (Å²) in [5, 5.41) is 0. The zero-order valence-corrected chi connectivity index (χ0v) is 19.4. The van der Waals surface area contributed by atoms with E-state index in [1.165, 1.54) is 12.8 Å². The molecule has 3 heterocycles. The Labute approximate surface area is 184 Å². The molecular weight excluding hydrogens is 414 g/mol. The van der Waals surface area contributed by atoms with Crippen molar-refractivity contribution in [2.24, 2.45) is 0 Å². The van der Waals surface area contributed by atoms with Crippen molar-refractivity contribution in [2.75, 3.05) is 55.7 Å². The van der Waals surface area contributed by atoms with Crippen LogP contribution in [0.15, 0.2) is 29.2 Å². The lowest BCUT2D eigenvalue weighted by molar-refractivity contribution is 0.337. The molecule has 8 nitrogen and oxygen atoms in total. The molecule has 0 N–H and O–H groups in total. The SMILES string of the molecule is CCOc1ccc(S(=O)(=O)N2CCN(c3cc(C)nc(N4CCCC4)n3)CC2)cc1C. The van der Waals surface area contributed by atoms with Crippen LogP contribution in [0.5, 0.6) is 5.75 Å². The van der Waals surface area contributed by atoms with E-state index in [-0.39, 0.29) is 0 Å². The van der Waals surface area contributed by atoms with Gasteiger partial charge >= 0.3 is 0 Å². The smallest absolute Gasteiger partial charge is 0.243 e. The highest BCUT2D eigenvalue weighted by molar-refractivity contribution is 7.89. The fourth-order valence-corrected chi connectivity index (χ4v) is 5.67. The molecule has 2 fully saturated rings. The summed E-state index contributed by atoms with van der Waals surface area (Å²) in [4.78, 5) is 14.1. The van der Waals surface area contributed by atoms with Gasteiger partial charge in [0.2, 0.25) is 16.0 Å². The van der Waals surface area contributed by atoms with E-state index in [0.717, 1.165) is 41.9 Å². The summed E-state index contributed by atoms with van der Waals surface area (Å²) in [6.07, 6.45) is 2.35. The molecule has 1 aromatic carbocycles. The number of aryl methyl sites for hydroxylation is 2. The summed E-state index contributed by atoms with van der Waals surface area (Å²) in [7, 11) is -3.54. The van der Waals surface area contributed by atoms with Crippen molar-refractivity contribution in [3.8, 4) is 5.75 Å². The molecule has 2 aliphatic heterocycles. The second-order valence-electron chi connectivity index (χ2n) is 8.11. The van der Waals surface area contributed by atoms with Crippen LogP contribution in [0.3, 0.4) is 0 Å². The van der Waals surface area contributed by atoms with Gasteiger partial charge in [-0.05, 0) is 57.4 Å². The molecule has 0 unspecified atom stereocenters. The van der Waals surface area contributed by atoms with Crippen LogP contribution in [0, 0.1) is 13.8 Å². The first-order chi connectivity index (χ1) is 14.9. The minimum absolute atomic E-state index is 0.316. The summed E-state index contributed by atoms with van der Waals surface area (Å²) in [6, 6.07) is 7.06. The fourth-order valence-electron chi connectivity index (χ4n) is 4.16. The third-order valence-electron chi connectivity index (χ3n) is 5.86. The Morgan fingerprint density at radius 1 is 0.935 bits per heavy atom. The van der Waals surface area contributed by atoms with Crippen molar-refractivity contribution in [3.63, 3.8) is 0 Å². The highest BCUT2D eigenvalue weighted by Gasteiger charge is 2.30. The largest absolute Gasteiger partial charge is 0.494 e. The van der Waals surface area contributed by atoms with Gasteiger partial charge in [0.05, 0.1) is 11.5 Å². The second kappa shape index (κ2) is 9.00. The molecule has 1 aromatic heterocycles. The number of benzene rings is 1. The maximum absolute atomic E-state index is 13.2. The molecule has 0 radical (unpaired) electrons. The number of aromatic nitrogens is 2. The van der Waals surface area contributed by atoms with Gasteiger partial charge in [-0.2, -0.15) is 9.29 Å². The van der Waals surface area contributed by atoms with Gasteiger partial charge in [-0.3, -0.25) is 0 Å². The van der Waals surface area contributed by atoms with E-state index in [1.54, 1.807) is 22.5 Å². The highest BCUT2D eigenvalue weighted by Crippen LogP contribution is 2.26. The molecule has 2 aliphatic rings. The number of ether oxygens (including phenoxy) is 1. The predicted molar refractivity (Wildman–Crippen MR) is 122 cm³/mol. The summed E-state index contributed by atoms with van der Waals surface area (Å²) in [5.74, 6) is 2.38. The molecule has 0 aliphatic carbocycles. The van der Waals surface area contributed by atoms with Crippen LogP contribution < -0.4 is 14.5 Å². The van der Waals surface area contributed by atoms with Gasteiger partial charge in [0, 0.05) is 51.0 Å². The predicted octanol–water partition coefficient (Wildman–Crippen LogP) is 2.60. The van der Waals surface area contributed by atoms with Gasteiger partial charge in [0.15, 0.2) is 0 Å². The second-order valence-corrected chi connectivity index (χ2v) is 10.1. The molecule has 31 heavy (non-hydrogen) atoms. The number of piperazine rings is 1. The maximum Gasteiger partial charge on any atom is 0.243 e. The average molecular weight is 446 g/mol. The van der Waals surface area contributed by atoms with Crippen LogP contribution >= 0.6 is 0 Å². The molecule has 0 atom stereocenters. The lowest BCUT2D eigenvalue weighted by Gasteiger charge is -2.35. The number of hydrogen-bond donors (Lipinski definition) is 0. The Morgan fingerprint density at radius 3 is 2.29 bits per heavy atom. The van der Waals surface area contributed by atoms with Gasteiger partial charge in [-0.15, -0.1) is 0 Å². The topological polar surface area (TPSA) is 78.9 Å². The molecule has 168 valence electrons. The van der Waals surface area contributed by atoms with E-state index in [9.17, 15) is 8.42 Å². The molecule has 0 saturated carbocycles. The van der Waals surface area contributed by atoms with Crippen LogP contribution in [0.1, 0.15) is 31.0 Å². The van der Waals surface area contributed by atoms with Crippen LogP contribution in [-0.4, -0.2) is 68.6 Å². The minimum atomic E-state index is -3.54. The first kappa shape index (κ1) is 21.8. The van der Waals surface area contributed by atoms with E-state index in [4.69, 9.17) is 9.72 Å². The van der Waals surface area contributed by atoms with Crippen molar-refractivity contribution in [1.82, 2.24) is 14.3 Å². The number of sulfonamides is 1. The van der Waals surface area contributed by atoms with E-state index < -0.39 is 10.0 Å². The Hall–Kier alpha value is -2.39. The van der Waals surface area contributed by atoms with Crippen molar-refractivity contribution in [2.45, 2.75) is 38.5 Å². The van der Waals surface area contributed by atoms with E-state index in [1.807, 2.05) is 26.8 Å². The zero-order valence-electron chi connectivity index (χ0n) is 18.5. The van der Waals surface area contributed by atoms with Gasteiger partial charge in [-0.25, -0.2) is 13.4 Å². The fraction of sp³-hybridized carbons (Fsp3) is 0.545. The Morgan fingerprint density at radius 2 is 1.65 bits per heavy atom. The molecule has 4 rings (SSSR count). The van der Waals surface area contributed by atoms with Gasteiger partial charge in [0.1, 0.15) is 11.6 Å². The number of nitrogens with zero attached hydrogens (tertiary/aromatic N) is 5. The molecule has 0 amide bonds. The molecule has 0 bridgehead atoms. The first-order valence-corrected chi connectivity index (χ1v) is 12.4. The molecule has 2 saturated heterocycles. The number of rotatable bonds is 6. The van der Waals surface area contributed by atoms with Crippen molar-refractivity contribution < 1.29 is 13.2 Å². The third kappa shape index (κ3) is 4.62. The quantitative estimate of drug-likeness (QED) is 0.676. The number of hydrogen-bond acceptors (Lipinski definition) is 7. The average Bonchev–Trinajstić information content (AvgIpc) is 3.30. The Balaban J connectivity index is 1.46. The lowest BCUT2D eigenvalue weighted by atomic mass is 10.2. The van der Waals surface area contributed by atoms with E-state index in [0.29, 0.717) is 37.7 Å². The Kier molecular flexibility index (Phi) is 6.34. The van der Waals surface area contributed by atoms with Crippen molar-refractivity contribution in [1.29, 1.82) is 0 Å². The highest BCUT2D eigenvalue weighted by atomic mass is 32.2. The third-order valence-corrected chi connectivity index (χ3v) is 7.76. The monoisotopic (exact) mass is 445 g/mol. The lowest BCUT2D eigenvalue weighted by Crippen LogP contribution is -2.49. The number of anilines is 2. The summed E-state index contributed by atoms with van der Waals surface area (Å²) in [6.45, 7) is 10.4. The standard InChI is InChI=1S/C22H31N5O3S/c1-4-30-20-8-7-19(15-17(20)2)31(28,29)27-13-11-25(12-14-27)21-16-18(3)23-22(24-21)26-9-5-6-10-26/h7-8,15-16H,4-6,9-14H2,1-3H3. The minimum Gasteiger partial charge on any atom is -0.494 e. The van der Waals surface area contributed by atoms with Crippen LogP contribution in [0.4, 0.5) is 11.8 Å². The van der Waals surface area contributed by atoms with Crippen molar-refractivity contribution >= 4 is 21.8 Å². The van der Waals surface area contributed by atoms with Crippen LogP contribution in [0.2, 0.25) is 0 Å². The zero-order chi connectivity index (χ0) is 22.0. The van der Waals surface area contributed by atoms with E-state index in [2.05, 4.69) is 14.8 Å². The Bertz CT molecular complexity index is 1030.